The molecule has 0 aliphatic carbocycles. The quantitative estimate of drug-likeness (QED) is 0.782. The van der Waals surface area contributed by atoms with Gasteiger partial charge in [0.25, 0.3) is 0 Å². The number of likely N-dealkylation sites (N-methyl/N-ethyl adjacent to an activating group) is 1. The lowest BCUT2D eigenvalue weighted by molar-refractivity contribution is 0.122. The van der Waals surface area contributed by atoms with Gasteiger partial charge >= 0.3 is 0 Å². The van der Waals surface area contributed by atoms with Gasteiger partial charge in [-0.2, -0.15) is 0 Å². The van der Waals surface area contributed by atoms with Crippen molar-refractivity contribution < 1.29 is 0 Å². The number of hydrogen-bond donors (Lipinski definition) is 1. The van der Waals surface area contributed by atoms with Crippen LogP contribution < -0.4 is 5.32 Å². The molecule has 2 saturated heterocycles. The highest BCUT2D eigenvalue weighted by Crippen LogP contribution is 2.21. The molecule has 2 aliphatic heterocycles. The second-order valence-electron chi connectivity index (χ2n) is 5.89. The third-order valence-electron chi connectivity index (χ3n) is 4.49. The zero-order chi connectivity index (χ0) is 12.1. The highest BCUT2D eigenvalue weighted by molar-refractivity contribution is 4.80. The van der Waals surface area contributed by atoms with Crippen molar-refractivity contribution >= 4 is 0 Å². The van der Waals surface area contributed by atoms with Crippen molar-refractivity contribution in [2.75, 3.05) is 46.3 Å². The first-order valence-corrected chi connectivity index (χ1v) is 7.40. The van der Waals surface area contributed by atoms with E-state index in [1.165, 1.54) is 58.4 Å². The fourth-order valence-corrected chi connectivity index (χ4v) is 3.33. The van der Waals surface area contributed by atoms with Gasteiger partial charge in [0, 0.05) is 19.1 Å². The first-order valence-electron chi connectivity index (χ1n) is 7.40. The maximum Gasteiger partial charge on any atom is 0.0192 e. The van der Waals surface area contributed by atoms with Gasteiger partial charge in [0.05, 0.1) is 0 Å². The number of nitrogens with zero attached hydrogens (tertiary/aromatic N) is 2. The fourth-order valence-electron chi connectivity index (χ4n) is 3.33. The van der Waals surface area contributed by atoms with Gasteiger partial charge in [-0.1, -0.05) is 0 Å². The maximum absolute atomic E-state index is 3.28. The molecule has 2 aliphatic rings. The zero-order valence-electron chi connectivity index (χ0n) is 11.6. The molecule has 1 unspecified atom stereocenters. The Morgan fingerprint density at radius 2 is 1.76 bits per heavy atom. The molecule has 3 heteroatoms. The minimum absolute atomic E-state index is 0.702. The molecule has 17 heavy (non-hydrogen) atoms. The number of nitrogens with one attached hydrogen (secondary N) is 1. The van der Waals surface area contributed by atoms with E-state index in [0.717, 1.165) is 12.5 Å². The molecular weight excluding hydrogens is 210 g/mol. The van der Waals surface area contributed by atoms with Crippen LogP contribution in [0.15, 0.2) is 0 Å². The van der Waals surface area contributed by atoms with Gasteiger partial charge in [-0.25, -0.2) is 0 Å². The van der Waals surface area contributed by atoms with Crippen LogP contribution in [0.1, 0.15) is 32.6 Å². The summed E-state index contributed by atoms with van der Waals surface area (Å²) in [6.45, 7) is 10.2. The van der Waals surface area contributed by atoms with Crippen LogP contribution in [0.5, 0.6) is 0 Å². The topological polar surface area (TPSA) is 18.5 Å². The number of rotatable bonds is 5. The van der Waals surface area contributed by atoms with Gasteiger partial charge in [-0.3, -0.25) is 4.90 Å². The van der Waals surface area contributed by atoms with Gasteiger partial charge in [-0.05, 0) is 71.8 Å². The maximum atomic E-state index is 3.28. The predicted octanol–water partition coefficient (Wildman–Crippen LogP) is 1.40. The van der Waals surface area contributed by atoms with Gasteiger partial charge in [0.2, 0.25) is 0 Å². The summed E-state index contributed by atoms with van der Waals surface area (Å²) in [6.07, 6.45) is 5.67. The van der Waals surface area contributed by atoms with Crippen molar-refractivity contribution in [3.8, 4) is 0 Å². The van der Waals surface area contributed by atoms with Crippen molar-refractivity contribution in [1.29, 1.82) is 0 Å². The molecule has 2 heterocycles. The smallest absolute Gasteiger partial charge is 0.0192 e. The summed E-state index contributed by atoms with van der Waals surface area (Å²) in [5, 5.41) is 3.28. The van der Waals surface area contributed by atoms with E-state index in [9.17, 15) is 0 Å². The second-order valence-corrected chi connectivity index (χ2v) is 5.89. The Bertz CT molecular complexity index is 206. The monoisotopic (exact) mass is 239 g/mol. The summed E-state index contributed by atoms with van der Waals surface area (Å²) in [4.78, 5) is 5.33. The molecule has 1 N–H and O–H groups in total. The first-order chi connectivity index (χ1) is 8.29. The Hall–Kier alpha value is -0.120. The Kier molecular flexibility index (Phi) is 5.26. The van der Waals surface area contributed by atoms with Crippen LogP contribution >= 0.6 is 0 Å². The highest BCUT2D eigenvalue weighted by atomic mass is 15.2. The molecule has 0 aromatic carbocycles. The summed E-state index contributed by atoms with van der Waals surface area (Å²) in [6, 6.07) is 0.702. The number of likely N-dealkylation sites (tertiary alicyclic amines) is 2. The van der Waals surface area contributed by atoms with Gasteiger partial charge < -0.3 is 10.2 Å². The Morgan fingerprint density at radius 3 is 2.35 bits per heavy atom. The fraction of sp³-hybridized carbons (Fsp3) is 1.00. The van der Waals surface area contributed by atoms with Crippen LogP contribution in [0.4, 0.5) is 0 Å². The van der Waals surface area contributed by atoms with Crippen LogP contribution in [0, 0.1) is 5.92 Å². The standard InChI is InChI=1S/C14H29N3/c1-13(11-15-2)17-9-5-14(6-10-17)12-16-7-3-4-8-16/h13-15H,3-12H2,1-2H3. The van der Waals surface area contributed by atoms with E-state index in [1.54, 1.807) is 0 Å². The average Bonchev–Trinajstić information content (AvgIpc) is 2.83. The minimum atomic E-state index is 0.702. The first kappa shape index (κ1) is 13.3. The van der Waals surface area contributed by atoms with Gasteiger partial charge in [0.1, 0.15) is 0 Å². The van der Waals surface area contributed by atoms with Gasteiger partial charge in [-0.15, -0.1) is 0 Å². The van der Waals surface area contributed by atoms with Crippen molar-refractivity contribution in [3.05, 3.63) is 0 Å². The average molecular weight is 239 g/mol. The summed E-state index contributed by atoms with van der Waals surface area (Å²) >= 11 is 0. The molecule has 0 bridgehead atoms. The van der Waals surface area contributed by atoms with E-state index in [1.807, 2.05) is 0 Å². The third-order valence-corrected chi connectivity index (χ3v) is 4.49. The zero-order valence-corrected chi connectivity index (χ0v) is 11.6. The Morgan fingerprint density at radius 1 is 1.12 bits per heavy atom. The molecule has 0 aromatic rings. The number of hydrogen-bond acceptors (Lipinski definition) is 3. The number of piperidine rings is 1. The van der Waals surface area contributed by atoms with E-state index >= 15 is 0 Å². The van der Waals surface area contributed by atoms with E-state index < -0.39 is 0 Å². The lowest BCUT2D eigenvalue weighted by Crippen LogP contribution is -2.45. The second kappa shape index (κ2) is 6.72. The SMILES string of the molecule is CNCC(C)N1CCC(CN2CCCC2)CC1. The van der Waals surface area contributed by atoms with Crippen molar-refractivity contribution in [3.63, 3.8) is 0 Å². The summed E-state index contributed by atoms with van der Waals surface area (Å²) in [7, 11) is 2.05. The molecule has 3 nitrogen and oxygen atoms in total. The van der Waals surface area contributed by atoms with E-state index in [0.29, 0.717) is 6.04 Å². The largest absolute Gasteiger partial charge is 0.318 e. The molecule has 100 valence electrons. The molecule has 2 fully saturated rings. The van der Waals surface area contributed by atoms with Crippen molar-refractivity contribution in [2.45, 2.75) is 38.6 Å². The molecule has 2 rings (SSSR count). The third kappa shape index (κ3) is 3.94. The summed E-state index contributed by atoms with van der Waals surface area (Å²) < 4.78 is 0. The van der Waals surface area contributed by atoms with Crippen LogP contribution in [-0.2, 0) is 0 Å². The Labute approximate surface area is 107 Å². The molecule has 0 saturated carbocycles. The van der Waals surface area contributed by atoms with Crippen LogP contribution in [0.2, 0.25) is 0 Å². The van der Waals surface area contributed by atoms with Crippen LogP contribution in [0.25, 0.3) is 0 Å². The van der Waals surface area contributed by atoms with Crippen molar-refractivity contribution in [1.82, 2.24) is 15.1 Å². The van der Waals surface area contributed by atoms with Gasteiger partial charge in [0.15, 0.2) is 0 Å². The van der Waals surface area contributed by atoms with E-state index in [4.69, 9.17) is 0 Å². The van der Waals surface area contributed by atoms with Crippen LogP contribution in [-0.4, -0.2) is 62.2 Å². The summed E-state index contributed by atoms with van der Waals surface area (Å²) in [5.74, 6) is 0.964. The molecule has 0 aromatic heterocycles. The molecular formula is C14H29N3. The lowest BCUT2D eigenvalue weighted by Gasteiger charge is -2.37. The molecule has 0 radical (unpaired) electrons. The molecule has 1 atom stereocenters. The summed E-state index contributed by atoms with van der Waals surface area (Å²) in [5.41, 5.74) is 0. The normalized spacial score (nSPS) is 26.5. The lowest BCUT2D eigenvalue weighted by atomic mass is 9.95. The van der Waals surface area contributed by atoms with Crippen molar-refractivity contribution in [2.24, 2.45) is 5.92 Å². The molecule has 0 spiro atoms. The molecule has 0 amide bonds. The van der Waals surface area contributed by atoms with Crippen LogP contribution in [0.3, 0.4) is 0 Å². The predicted molar refractivity (Wildman–Crippen MR) is 73.4 cm³/mol. The van der Waals surface area contributed by atoms with E-state index in [-0.39, 0.29) is 0 Å². The highest BCUT2D eigenvalue weighted by Gasteiger charge is 2.24. The van der Waals surface area contributed by atoms with E-state index in [2.05, 4.69) is 29.1 Å². The Balaban J connectivity index is 1.66. The minimum Gasteiger partial charge on any atom is -0.318 e.